The van der Waals surface area contributed by atoms with E-state index in [0.717, 1.165) is 29.5 Å². The first-order valence-corrected chi connectivity index (χ1v) is 8.35. The summed E-state index contributed by atoms with van der Waals surface area (Å²) in [7, 11) is 0. The van der Waals surface area contributed by atoms with Gasteiger partial charge in [0.2, 0.25) is 0 Å². The first-order valence-electron chi connectivity index (χ1n) is 8.35. The van der Waals surface area contributed by atoms with Crippen LogP contribution in [0.5, 0.6) is 0 Å². The Kier molecular flexibility index (Phi) is 3.54. The topological polar surface area (TPSA) is 73.2 Å². The lowest BCUT2D eigenvalue weighted by Crippen LogP contribution is -2.46. The van der Waals surface area contributed by atoms with Gasteiger partial charge < -0.3 is 5.32 Å². The Hall–Kier alpha value is -3.13. The summed E-state index contributed by atoms with van der Waals surface area (Å²) in [5, 5.41) is 12.0. The van der Waals surface area contributed by atoms with Crippen LogP contribution >= 0.6 is 0 Å². The highest BCUT2D eigenvalue weighted by Gasteiger charge is 2.53. The lowest BCUT2D eigenvalue weighted by molar-refractivity contribution is -0.132. The normalized spacial score (nSPS) is 21.8. The first-order chi connectivity index (χ1) is 12.1. The molecule has 1 heterocycles. The molecule has 1 aliphatic heterocycles. The molecule has 0 bridgehead atoms. The van der Waals surface area contributed by atoms with Gasteiger partial charge in [0.15, 0.2) is 0 Å². The molecule has 1 atom stereocenters. The van der Waals surface area contributed by atoms with Gasteiger partial charge >= 0.3 is 6.03 Å². The second kappa shape index (κ2) is 5.75. The van der Waals surface area contributed by atoms with Gasteiger partial charge in [-0.2, -0.15) is 5.26 Å². The number of carbonyl (C=O) groups is 2. The maximum Gasteiger partial charge on any atom is 0.325 e. The van der Waals surface area contributed by atoms with E-state index in [2.05, 4.69) is 11.4 Å². The Morgan fingerprint density at radius 1 is 1.16 bits per heavy atom. The van der Waals surface area contributed by atoms with E-state index in [1.165, 1.54) is 4.90 Å². The van der Waals surface area contributed by atoms with Crippen molar-refractivity contribution in [3.05, 3.63) is 70.8 Å². The molecule has 25 heavy (non-hydrogen) atoms. The number of aryl methyl sites for hydroxylation is 1. The highest BCUT2D eigenvalue weighted by atomic mass is 16.2. The van der Waals surface area contributed by atoms with Gasteiger partial charge in [-0.15, -0.1) is 0 Å². The van der Waals surface area contributed by atoms with Crippen molar-refractivity contribution >= 4 is 11.9 Å². The number of nitrogens with one attached hydrogen (secondary N) is 1. The van der Waals surface area contributed by atoms with Gasteiger partial charge in [0.25, 0.3) is 5.91 Å². The molecule has 2 aliphatic rings. The Labute approximate surface area is 145 Å². The van der Waals surface area contributed by atoms with Gasteiger partial charge in [0, 0.05) is 0 Å². The van der Waals surface area contributed by atoms with Gasteiger partial charge in [-0.05, 0) is 48.1 Å². The van der Waals surface area contributed by atoms with Crippen LogP contribution in [-0.2, 0) is 23.3 Å². The average molecular weight is 331 g/mol. The van der Waals surface area contributed by atoms with E-state index in [9.17, 15) is 9.59 Å². The van der Waals surface area contributed by atoms with E-state index in [1.54, 1.807) is 18.2 Å². The maximum absolute atomic E-state index is 13.2. The summed E-state index contributed by atoms with van der Waals surface area (Å²) in [5.41, 5.74) is 2.37. The molecule has 5 nitrogen and oxygen atoms in total. The fourth-order valence-corrected chi connectivity index (χ4v) is 3.88. The van der Waals surface area contributed by atoms with E-state index < -0.39 is 5.54 Å². The minimum atomic E-state index is -0.946. The summed E-state index contributed by atoms with van der Waals surface area (Å²) >= 11 is 0. The van der Waals surface area contributed by atoms with Crippen LogP contribution in [0.4, 0.5) is 4.79 Å². The van der Waals surface area contributed by atoms with Crippen molar-refractivity contribution in [3.8, 4) is 6.07 Å². The Bertz CT molecular complexity index is 915. The van der Waals surface area contributed by atoms with Gasteiger partial charge in [0.05, 0.1) is 18.2 Å². The van der Waals surface area contributed by atoms with Crippen molar-refractivity contribution in [1.82, 2.24) is 10.2 Å². The molecular weight excluding hydrogens is 314 g/mol. The van der Waals surface area contributed by atoms with Crippen LogP contribution in [0.3, 0.4) is 0 Å². The highest BCUT2D eigenvalue weighted by Crippen LogP contribution is 2.40. The van der Waals surface area contributed by atoms with Crippen LogP contribution in [-0.4, -0.2) is 16.8 Å². The summed E-state index contributed by atoms with van der Waals surface area (Å²) in [6.45, 7) is 0.171. The number of benzene rings is 2. The van der Waals surface area contributed by atoms with Crippen molar-refractivity contribution in [2.75, 3.05) is 0 Å². The molecule has 1 aliphatic carbocycles. The summed E-state index contributed by atoms with van der Waals surface area (Å²) in [5.74, 6) is -0.202. The Balaban J connectivity index is 1.69. The zero-order chi connectivity index (χ0) is 17.4. The number of rotatable bonds is 2. The highest BCUT2D eigenvalue weighted by molar-refractivity contribution is 6.07. The third-order valence-electron chi connectivity index (χ3n) is 5.05. The standard InChI is InChI=1S/C20H17N3O2/c21-12-14-5-3-6-15(11-14)13-23-18(24)20(22-19(23)25)10-4-8-16-7-1-2-9-17(16)20/h1-3,5-7,9,11H,4,8,10,13H2,(H,22,25)/t20-/m0/s1. The monoisotopic (exact) mass is 331 g/mol. The number of nitriles is 1. The van der Waals surface area contributed by atoms with E-state index in [4.69, 9.17) is 5.26 Å². The van der Waals surface area contributed by atoms with Crippen molar-refractivity contribution < 1.29 is 9.59 Å². The minimum absolute atomic E-state index is 0.171. The Morgan fingerprint density at radius 3 is 2.84 bits per heavy atom. The lowest BCUT2D eigenvalue weighted by atomic mass is 9.76. The second-order valence-electron chi connectivity index (χ2n) is 6.55. The SMILES string of the molecule is N#Cc1cccc(CN2C(=O)N[C@]3(CCCc4ccccc43)C2=O)c1. The van der Waals surface area contributed by atoms with Crippen LogP contribution in [0.2, 0.25) is 0 Å². The van der Waals surface area contributed by atoms with Crippen molar-refractivity contribution in [1.29, 1.82) is 5.26 Å². The molecule has 1 saturated heterocycles. The number of urea groups is 1. The molecule has 0 aromatic heterocycles. The molecule has 1 N–H and O–H groups in total. The number of hydrogen-bond donors (Lipinski definition) is 1. The zero-order valence-corrected chi connectivity index (χ0v) is 13.7. The molecule has 3 amide bonds. The fraction of sp³-hybridized carbons (Fsp3) is 0.250. The molecule has 1 spiro atoms. The predicted octanol–water partition coefficient (Wildman–Crippen LogP) is 2.84. The minimum Gasteiger partial charge on any atom is -0.319 e. The number of amides is 3. The molecule has 5 heteroatoms. The molecular formula is C20H17N3O2. The van der Waals surface area contributed by atoms with Crippen molar-refractivity contribution in [2.24, 2.45) is 0 Å². The summed E-state index contributed by atoms with van der Waals surface area (Å²) in [6.07, 6.45) is 2.40. The van der Waals surface area contributed by atoms with E-state index in [-0.39, 0.29) is 18.5 Å². The molecule has 4 rings (SSSR count). The first kappa shape index (κ1) is 15.4. The number of fused-ring (bicyclic) bond motifs is 2. The molecule has 2 aromatic carbocycles. The third kappa shape index (κ3) is 2.38. The average Bonchev–Trinajstić information content (AvgIpc) is 2.87. The molecule has 1 fully saturated rings. The summed E-state index contributed by atoms with van der Waals surface area (Å²) in [4.78, 5) is 27.0. The quantitative estimate of drug-likeness (QED) is 0.860. The number of imide groups is 1. The van der Waals surface area contributed by atoms with E-state index in [0.29, 0.717) is 12.0 Å². The van der Waals surface area contributed by atoms with Crippen LogP contribution in [0.15, 0.2) is 48.5 Å². The second-order valence-corrected chi connectivity index (χ2v) is 6.55. The number of nitrogens with zero attached hydrogens (tertiary/aromatic N) is 2. The van der Waals surface area contributed by atoms with Crippen LogP contribution in [0, 0.1) is 11.3 Å². The van der Waals surface area contributed by atoms with Gasteiger partial charge in [-0.1, -0.05) is 36.4 Å². The smallest absolute Gasteiger partial charge is 0.319 e. The molecule has 2 aromatic rings. The predicted molar refractivity (Wildman–Crippen MR) is 91.3 cm³/mol. The maximum atomic E-state index is 13.2. The third-order valence-corrected chi connectivity index (χ3v) is 5.05. The van der Waals surface area contributed by atoms with Crippen LogP contribution in [0.1, 0.15) is 35.1 Å². The fourth-order valence-electron chi connectivity index (χ4n) is 3.88. The lowest BCUT2D eigenvalue weighted by Gasteiger charge is -2.33. The summed E-state index contributed by atoms with van der Waals surface area (Å²) < 4.78 is 0. The molecule has 124 valence electrons. The number of carbonyl (C=O) groups excluding carboxylic acids is 2. The van der Waals surface area contributed by atoms with Gasteiger partial charge in [0.1, 0.15) is 5.54 Å². The van der Waals surface area contributed by atoms with E-state index in [1.807, 2.05) is 30.3 Å². The van der Waals surface area contributed by atoms with Crippen LogP contribution in [0.25, 0.3) is 0 Å². The largest absolute Gasteiger partial charge is 0.325 e. The van der Waals surface area contributed by atoms with Crippen LogP contribution < -0.4 is 5.32 Å². The zero-order valence-electron chi connectivity index (χ0n) is 13.7. The number of hydrogen-bond acceptors (Lipinski definition) is 3. The van der Waals surface area contributed by atoms with Gasteiger partial charge in [-0.25, -0.2) is 4.79 Å². The van der Waals surface area contributed by atoms with E-state index >= 15 is 0 Å². The molecule has 0 radical (unpaired) electrons. The van der Waals surface area contributed by atoms with Crippen molar-refractivity contribution in [2.45, 2.75) is 31.3 Å². The van der Waals surface area contributed by atoms with Crippen molar-refractivity contribution in [3.63, 3.8) is 0 Å². The Morgan fingerprint density at radius 2 is 2.00 bits per heavy atom. The molecule has 0 saturated carbocycles. The summed E-state index contributed by atoms with van der Waals surface area (Å²) in [6, 6.07) is 16.5. The molecule has 0 unspecified atom stereocenters. The van der Waals surface area contributed by atoms with Gasteiger partial charge in [-0.3, -0.25) is 9.69 Å².